The topological polar surface area (TPSA) is 113 Å². The van der Waals surface area contributed by atoms with E-state index in [1.807, 2.05) is 0 Å². The molecule has 9 heteroatoms. The SMILES string of the molecule is CS(=O)(=O)N1CCCC(C(=O)Nc2ccc3c(c2)C(=O)NC3=O)C1. The van der Waals surface area contributed by atoms with E-state index < -0.39 is 27.8 Å². The summed E-state index contributed by atoms with van der Waals surface area (Å²) in [4.78, 5) is 35.5. The molecule has 0 spiro atoms. The van der Waals surface area contributed by atoms with Gasteiger partial charge in [0.05, 0.1) is 23.3 Å². The lowest BCUT2D eigenvalue weighted by Crippen LogP contribution is -2.43. The lowest BCUT2D eigenvalue weighted by atomic mass is 9.98. The Hall–Kier alpha value is -2.26. The first-order valence-electron chi connectivity index (χ1n) is 7.51. The summed E-state index contributed by atoms with van der Waals surface area (Å²) in [7, 11) is -3.32. The zero-order chi connectivity index (χ0) is 17.5. The molecule has 0 aromatic heterocycles. The Morgan fingerprint density at radius 3 is 2.67 bits per heavy atom. The van der Waals surface area contributed by atoms with Gasteiger partial charge in [-0.3, -0.25) is 19.7 Å². The molecule has 1 unspecified atom stereocenters. The highest BCUT2D eigenvalue weighted by Gasteiger charge is 2.31. The lowest BCUT2D eigenvalue weighted by Gasteiger charge is -2.30. The number of carbonyl (C=O) groups excluding carboxylic acids is 3. The second kappa shape index (κ2) is 5.99. The van der Waals surface area contributed by atoms with E-state index in [9.17, 15) is 22.8 Å². The third kappa shape index (κ3) is 3.17. The van der Waals surface area contributed by atoms with Gasteiger partial charge in [-0.05, 0) is 31.0 Å². The Balaban J connectivity index is 1.73. The molecular formula is C15H17N3O5S. The van der Waals surface area contributed by atoms with Crippen LogP contribution < -0.4 is 10.6 Å². The fourth-order valence-corrected chi connectivity index (χ4v) is 3.86. The molecule has 1 aromatic rings. The van der Waals surface area contributed by atoms with Gasteiger partial charge in [0.15, 0.2) is 0 Å². The van der Waals surface area contributed by atoms with Crippen molar-refractivity contribution >= 4 is 33.4 Å². The summed E-state index contributed by atoms with van der Waals surface area (Å²) in [5, 5.41) is 4.88. The molecule has 8 nitrogen and oxygen atoms in total. The molecule has 0 bridgehead atoms. The molecule has 1 aromatic carbocycles. The second-order valence-electron chi connectivity index (χ2n) is 5.99. The molecular weight excluding hydrogens is 334 g/mol. The highest BCUT2D eigenvalue weighted by Crippen LogP contribution is 2.23. The number of imide groups is 1. The summed E-state index contributed by atoms with van der Waals surface area (Å²) in [6.45, 7) is 0.568. The Kier molecular flexibility index (Phi) is 4.14. The third-order valence-corrected chi connectivity index (χ3v) is 5.50. The standard InChI is InChI=1S/C15H17N3O5S/c1-24(22,23)18-6-2-3-9(8-18)13(19)16-10-4-5-11-12(7-10)15(21)17-14(11)20/h4-5,7,9H,2-3,6,8H2,1H3,(H,16,19)(H,17,20,21). The van der Waals surface area contributed by atoms with E-state index in [0.29, 0.717) is 25.1 Å². The molecule has 2 aliphatic rings. The summed E-state index contributed by atoms with van der Waals surface area (Å²) in [6.07, 6.45) is 2.34. The molecule has 2 N–H and O–H groups in total. The molecule has 24 heavy (non-hydrogen) atoms. The van der Waals surface area contributed by atoms with Crippen LogP contribution in [0, 0.1) is 5.92 Å². The van der Waals surface area contributed by atoms with Crippen molar-refractivity contribution in [1.82, 2.24) is 9.62 Å². The number of hydrogen-bond donors (Lipinski definition) is 2. The third-order valence-electron chi connectivity index (χ3n) is 4.23. The van der Waals surface area contributed by atoms with Crippen LogP contribution in [0.1, 0.15) is 33.6 Å². The van der Waals surface area contributed by atoms with E-state index in [4.69, 9.17) is 0 Å². The number of sulfonamides is 1. The predicted molar refractivity (Wildman–Crippen MR) is 86.0 cm³/mol. The van der Waals surface area contributed by atoms with Gasteiger partial charge in [-0.15, -0.1) is 0 Å². The average Bonchev–Trinajstić information content (AvgIpc) is 2.81. The molecule has 128 valence electrons. The summed E-state index contributed by atoms with van der Waals surface area (Å²) in [6, 6.07) is 4.48. The normalized spacial score (nSPS) is 21.3. The number of hydrogen-bond acceptors (Lipinski definition) is 5. The molecule has 0 radical (unpaired) electrons. The minimum atomic E-state index is -3.32. The van der Waals surface area contributed by atoms with Crippen LogP contribution in [0.25, 0.3) is 0 Å². The van der Waals surface area contributed by atoms with Crippen LogP contribution in [0.5, 0.6) is 0 Å². The fraction of sp³-hybridized carbons (Fsp3) is 0.400. The molecule has 0 aliphatic carbocycles. The van der Waals surface area contributed by atoms with Crippen LogP contribution >= 0.6 is 0 Å². The quantitative estimate of drug-likeness (QED) is 0.755. The number of fused-ring (bicyclic) bond motifs is 1. The number of nitrogens with one attached hydrogen (secondary N) is 2. The molecule has 1 saturated heterocycles. The molecule has 0 saturated carbocycles. The van der Waals surface area contributed by atoms with E-state index in [-0.39, 0.29) is 23.6 Å². The van der Waals surface area contributed by atoms with E-state index in [1.54, 1.807) is 6.07 Å². The summed E-state index contributed by atoms with van der Waals surface area (Å²) in [5.74, 6) is -1.69. The number of nitrogens with zero attached hydrogens (tertiary/aromatic N) is 1. The van der Waals surface area contributed by atoms with Crippen molar-refractivity contribution in [1.29, 1.82) is 0 Å². The van der Waals surface area contributed by atoms with Gasteiger partial charge in [0.2, 0.25) is 15.9 Å². The zero-order valence-electron chi connectivity index (χ0n) is 13.0. The van der Waals surface area contributed by atoms with Crippen molar-refractivity contribution in [3.05, 3.63) is 29.3 Å². The average molecular weight is 351 g/mol. The van der Waals surface area contributed by atoms with Crippen LogP contribution in [-0.4, -0.2) is 49.8 Å². The minimum absolute atomic E-state index is 0.147. The van der Waals surface area contributed by atoms with Gasteiger partial charge in [0.25, 0.3) is 11.8 Å². The molecule has 3 amide bonds. The van der Waals surface area contributed by atoms with Crippen LogP contribution in [-0.2, 0) is 14.8 Å². The zero-order valence-corrected chi connectivity index (χ0v) is 13.9. The monoisotopic (exact) mass is 351 g/mol. The largest absolute Gasteiger partial charge is 0.326 e. The second-order valence-corrected chi connectivity index (χ2v) is 7.98. The molecule has 2 heterocycles. The molecule has 2 aliphatic heterocycles. The van der Waals surface area contributed by atoms with Gasteiger partial charge in [-0.2, -0.15) is 0 Å². The van der Waals surface area contributed by atoms with Crippen LogP contribution in [0.4, 0.5) is 5.69 Å². The van der Waals surface area contributed by atoms with E-state index in [0.717, 1.165) is 6.26 Å². The van der Waals surface area contributed by atoms with Crippen molar-refractivity contribution in [2.24, 2.45) is 5.92 Å². The van der Waals surface area contributed by atoms with Crippen molar-refractivity contribution in [2.75, 3.05) is 24.7 Å². The Bertz CT molecular complexity index is 834. The molecule has 3 rings (SSSR count). The highest BCUT2D eigenvalue weighted by molar-refractivity contribution is 7.88. The van der Waals surface area contributed by atoms with Crippen LogP contribution in [0.15, 0.2) is 18.2 Å². The van der Waals surface area contributed by atoms with Crippen LogP contribution in [0.3, 0.4) is 0 Å². The number of amides is 3. The highest BCUT2D eigenvalue weighted by atomic mass is 32.2. The Labute approximate surface area is 139 Å². The summed E-state index contributed by atoms with van der Waals surface area (Å²) in [5.41, 5.74) is 0.901. The smallest absolute Gasteiger partial charge is 0.259 e. The first-order chi connectivity index (χ1) is 11.3. The van der Waals surface area contributed by atoms with Crippen molar-refractivity contribution in [3.63, 3.8) is 0 Å². The summed E-state index contributed by atoms with van der Waals surface area (Å²) >= 11 is 0. The maximum atomic E-state index is 12.4. The number of benzene rings is 1. The maximum Gasteiger partial charge on any atom is 0.259 e. The first kappa shape index (κ1) is 16.6. The van der Waals surface area contributed by atoms with Crippen molar-refractivity contribution in [2.45, 2.75) is 12.8 Å². The fourth-order valence-electron chi connectivity index (χ4n) is 2.95. The van der Waals surface area contributed by atoms with Crippen LogP contribution in [0.2, 0.25) is 0 Å². The van der Waals surface area contributed by atoms with Gasteiger partial charge in [0, 0.05) is 18.8 Å². The van der Waals surface area contributed by atoms with Crippen molar-refractivity contribution in [3.8, 4) is 0 Å². The van der Waals surface area contributed by atoms with E-state index in [2.05, 4.69) is 10.6 Å². The molecule has 1 atom stereocenters. The lowest BCUT2D eigenvalue weighted by molar-refractivity contribution is -0.120. The maximum absolute atomic E-state index is 12.4. The van der Waals surface area contributed by atoms with Gasteiger partial charge in [-0.25, -0.2) is 12.7 Å². The minimum Gasteiger partial charge on any atom is -0.326 e. The predicted octanol–water partition coefficient (Wildman–Crippen LogP) is 0.180. The first-order valence-corrected chi connectivity index (χ1v) is 9.36. The van der Waals surface area contributed by atoms with Gasteiger partial charge in [-0.1, -0.05) is 0 Å². The summed E-state index contributed by atoms with van der Waals surface area (Å²) < 4.78 is 24.6. The number of rotatable bonds is 3. The van der Waals surface area contributed by atoms with Gasteiger partial charge >= 0.3 is 0 Å². The van der Waals surface area contributed by atoms with Crippen molar-refractivity contribution < 1.29 is 22.8 Å². The van der Waals surface area contributed by atoms with E-state index in [1.165, 1.54) is 16.4 Å². The van der Waals surface area contributed by atoms with E-state index >= 15 is 0 Å². The number of carbonyl (C=O) groups is 3. The Morgan fingerprint density at radius 2 is 1.96 bits per heavy atom. The molecule has 1 fully saturated rings. The number of piperidine rings is 1. The number of anilines is 1. The Morgan fingerprint density at radius 1 is 1.25 bits per heavy atom. The van der Waals surface area contributed by atoms with Gasteiger partial charge < -0.3 is 5.32 Å². The van der Waals surface area contributed by atoms with Gasteiger partial charge in [0.1, 0.15) is 0 Å².